The van der Waals surface area contributed by atoms with Gasteiger partial charge in [0.25, 0.3) is 0 Å². The van der Waals surface area contributed by atoms with Crippen LogP contribution in [0.2, 0.25) is 5.02 Å². The van der Waals surface area contributed by atoms with Crippen LogP contribution in [0, 0.1) is 12.8 Å². The predicted molar refractivity (Wildman–Crippen MR) is 76.5 cm³/mol. The van der Waals surface area contributed by atoms with Gasteiger partial charge in [-0.25, -0.2) is 0 Å². The lowest BCUT2D eigenvalue weighted by Gasteiger charge is -2.24. The summed E-state index contributed by atoms with van der Waals surface area (Å²) in [6.07, 6.45) is 5.19. The first kappa shape index (κ1) is 13.7. The summed E-state index contributed by atoms with van der Waals surface area (Å²) in [6, 6.07) is 4.07. The molecule has 0 radical (unpaired) electrons. The summed E-state index contributed by atoms with van der Waals surface area (Å²) in [4.78, 5) is 0. The average molecular weight is 268 g/mol. The summed E-state index contributed by atoms with van der Waals surface area (Å²) < 4.78 is 5.51. The van der Waals surface area contributed by atoms with Crippen LogP contribution >= 0.6 is 11.6 Å². The molecule has 1 aliphatic rings. The van der Waals surface area contributed by atoms with Gasteiger partial charge in [0.1, 0.15) is 5.75 Å². The average Bonchev–Trinajstić information content (AvgIpc) is 2.88. The van der Waals surface area contributed by atoms with Gasteiger partial charge in [-0.1, -0.05) is 24.4 Å². The van der Waals surface area contributed by atoms with Crippen LogP contribution < -0.4 is 10.5 Å². The van der Waals surface area contributed by atoms with Crippen LogP contribution in [0.4, 0.5) is 0 Å². The second-order valence-corrected chi connectivity index (χ2v) is 5.64. The van der Waals surface area contributed by atoms with Gasteiger partial charge in [-0.2, -0.15) is 0 Å². The normalized spacial score (nSPS) is 18.0. The molecule has 0 spiro atoms. The molecule has 0 aliphatic heterocycles. The highest BCUT2D eigenvalue weighted by Gasteiger charge is 2.27. The predicted octanol–water partition coefficient (Wildman–Crippen LogP) is 3.89. The topological polar surface area (TPSA) is 35.2 Å². The van der Waals surface area contributed by atoms with E-state index in [1.54, 1.807) is 7.11 Å². The fourth-order valence-corrected chi connectivity index (χ4v) is 3.24. The fraction of sp³-hybridized carbons (Fsp3) is 0.600. The molecular weight excluding hydrogens is 246 g/mol. The molecule has 1 aliphatic carbocycles. The lowest BCUT2D eigenvalue weighted by molar-refractivity contribution is 0.384. The number of rotatable bonds is 4. The Labute approximate surface area is 114 Å². The summed E-state index contributed by atoms with van der Waals surface area (Å²) >= 11 is 6.25. The van der Waals surface area contributed by atoms with E-state index in [0.717, 1.165) is 16.3 Å². The zero-order valence-electron chi connectivity index (χ0n) is 11.2. The van der Waals surface area contributed by atoms with Gasteiger partial charge in [-0.05, 0) is 49.9 Å². The number of aryl methyl sites for hydroxylation is 1. The van der Waals surface area contributed by atoms with E-state index in [0.29, 0.717) is 18.4 Å². The third kappa shape index (κ3) is 2.65. The quantitative estimate of drug-likeness (QED) is 0.898. The molecule has 100 valence electrons. The maximum absolute atomic E-state index is 6.25. The standard InChI is InChI=1S/C15H22ClNO/c1-10-7-15(18-2)12(8-14(10)16)13(9-17)11-5-3-4-6-11/h7-8,11,13H,3-6,9,17H2,1-2H3. The summed E-state index contributed by atoms with van der Waals surface area (Å²) in [5.74, 6) is 1.99. The van der Waals surface area contributed by atoms with Gasteiger partial charge in [-0.15, -0.1) is 0 Å². The molecule has 1 atom stereocenters. The molecule has 0 amide bonds. The molecule has 2 N–H and O–H groups in total. The van der Waals surface area contributed by atoms with Gasteiger partial charge in [0, 0.05) is 16.5 Å². The van der Waals surface area contributed by atoms with Gasteiger partial charge in [-0.3, -0.25) is 0 Å². The molecule has 1 fully saturated rings. The highest BCUT2D eigenvalue weighted by molar-refractivity contribution is 6.31. The first-order valence-corrected chi connectivity index (χ1v) is 7.09. The van der Waals surface area contributed by atoms with Crippen molar-refractivity contribution in [3.05, 3.63) is 28.3 Å². The van der Waals surface area contributed by atoms with E-state index in [2.05, 4.69) is 0 Å². The molecule has 0 aromatic heterocycles. The summed E-state index contributed by atoms with van der Waals surface area (Å²) in [7, 11) is 1.72. The minimum Gasteiger partial charge on any atom is -0.496 e. The lowest BCUT2D eigenvalue weighted by Crippen LogP contribution is -2.20. The number of hydrogen-bond acceptors (Lipinski definition) is 2. The number of ether oxygens (including phenoxy) is 1. The maximum atomic E-state index is 6.25. The minimum atomic E-state index is 0.376. The fourth-order valence-electron chi connectivity index (χ4n) is 3.07. The van der Waals surface area contributed by atoms with E-state index in [-0.39, 0.29) is 0 Å². The molecule has 1 aromatic carbocycles. The second kappa shape index (κ2) is 5.94. The van der Waals surface area contributed by atoms with Crippen molar-refractivity contribution in [3.63, 3.8) is 0 Å². The van der Waals surface area contributed by atoms with Crippen molar-refractivity contribution in [3.8, 4) is 5.75 Å². The molecule has 2 rings (SSSR count). The molecule has 2 nitrogen and oxygen atoms in total. The van der Waals surface area contributed by atoms with Gasteiger partial charge in [0.05, 0.1) is 7.11 Å². The van der Waals surface area contributed by atoms with Gasteiger partial charge in [0.15, 0.2) is 0 Å². The number of nitrogens with two attached hydrogens (primary N) is 1. The van der Waals surface area contributed by atoms with Crippen molar-refractivity contribution in [2.45, 2.75) is 38.5 Å². The molecule has 18 heavy (non-hydrogen) atoms. The molecule has 1 saturated carbocycles. The Hall–Kier alpha value is -0.730. The first-order valence-electron chi connectivity index (χ1n) is 6.71. The first-order chi connectivity index (χ1) is 8.67. The Kier molecular flexibility index (Phi) is 4.52. The van der Waals surface area contributed by atoms with Crippen molar-refractivity contribution in [1.82, 2.24) is 0 Å². The third-order valence-electron chi connectivity index (χ3n) is 4.13. The monoisotopic (exact) mass is 267 g/mol. The largest absolute Gasteiger partial charge is 0.496 e. The number of hydrogen-bond donors (Lipinski definition) is 1. The van der Waals surface area contributed by atoms with Crippen LogP contribution in [-0.4, -0.2) is 13.7 Å². The highest BCUT2D eigenvalue weighted by atomic mass is 35.5. The Balaban J connectivity index is 2.37. The van der Waals surface area contributed by atoms with Crippen LogP contribution in [-0.2, 0) is 0 Å². The summed E-state index contributed by atoms with van der Waals surface area (Å²) in [5, 5.41) is 0.808. The van der Waals surface area contributed by atoms with Gasteiger partial charge < -0.3 is 10.5 Å². The van der Waals surface area contributed by atoms with Gasteiger partial charge >= 0.3 is 0 Å². The summed E-state index contributed by atoms with van der Waals surface area (Å²) in [6.45, 7) is 2.67. The Bertz CT molecular complexity index is 413. The van der Waals surface area contributed by atoms with Crippen LogP contribution in [0.1, 0.15) is 42.7 Å². The molecule has 0 bridgehead atoms. The van der Waals surface area contributed by atoms with E-state index in [1.165, 1.54) is 31.2 Å². The third-order valence-corrected chi connectivity index (χ3v) is 4.54. The van der Waals surface area contributed by atoms with Crippen molar-refractivity contribution in [2.75, 3.05) is 13.7 Å². The molecule has 1 aromatic rings. The second-order valence-electron chi connectivity index (χ2n) is 5.23. The molecule has 1 unspecified atom stereocenters. The SMILES string of the molecule is COc1cc(C)c(Cl)cc1C(CN)C1CCCC1. The van der Waals surface area contributed by atoms with Crippen LogP contribution in [0.25, 0.3) is 0 Å². The van der Waals surface area contributed by atoms with Crippen LogP contribution in [0.3, 0.4) is 0 Å². The number of benzene rings is 1. The minimum absolute atomic E-state index is 0.376. The van der Waals surface area contributed by atoms with Crippen molar-refractivity contribution < 1.29 is 4.74 Å². The van der Waals surface area contributed by atoms with Gasteiger partial charge in [0.2, 0.25) is 0 Å². The smallest absolute Gasteiger partial charge is 0.122 e. The molecule has 0 saturated heterocycles. The van der Waals surface area contributed by atoms with Crippen molar-refractivity contribution in [1.29, 1.82) is 0 Å². The highest BCUT2D eigenvalue weighted by Crippen LogP contribution is 2.41. The van der Waals surface area contributed by atoms with E-state index in [1.807, 2.05) is 19.1 Å². The number of halogens is 1. The number of methoxy groups -OCH3 is 1. The van der Waals surface area contributed by atoms with Crippen molar-refractivity contribution in [2.24, 2.45) is 11.7 Å². The van der Waals surface area contributed by atoms with Crippen molar-refractivity contribution >= 4 is 11.6 Å². The summed E-state index contributed by atoms with van der Waals surface area (Å²) in [5.41, 5.74) is 8.24. The van der Waals surface area contributed by atoms with E-state index in [4.69, 9.17) is 22.1 Å². The van der Waals surface area contributed by atoms with E-state index in [9.17, 15) is 0 Å². The zero-order valence-corrected chi connectivity index (χ0v) is 12.0. The Morgan fingerprint density at radius 1 is 1.39 bits per heavy atom. The Morgan fingerprint density at radius 2 is 2.06 bits per heavy atom. The lowest BCUT2D eigenvalue weighted by atomic mass is 9.84. The zero-order chi connectivity index (χ0) is 13.1. The molecular formula is C15H22ClNO. The van der Waals surface area contributed by atoms with Crippen LogP contribution in [0.15, 0.2) is 12.1 Å². The van der Waals surface area contributed by atoms with Crippen LogP contribution in [0.5, 0.6) is 5.75 Å². The van der Waals surface area contributed by atoms with E-state index >= 15 is 0 Å². The Morgan fingerprint density at radius 3 is 2.61 bits per heavy atom. The maximum Gasteiger partial charge on any atom is 0.122 e. The van der Waals surface area contributed by atoms with E-state index < -0.39 is 0 Å². The molecule has 0 heterocycles. The molecule has 3 heteroatoms.